The first kappa shape index (κ1) is 22.5. The minimum Gasteiger partial charge on any atom is -0.349 e. The molecule has 1 aliphatic carbocycles. The molecule has 1 aliphatic rings. The quantitative estimate of drug-likeness (QED) is 0.487. The van der Waals surface area contributed by atoms with E-state index in [1.165, 1.54) is 18.2 Å². The van der Waals surface area contributed by atoms with Gasteiger partial charge in [-0.2, -0.15) is 0 Å². The average molecular weight is 464 g/mol. The van der Waals surface area contributed by atoms with Crippen molar-refractivity contribution in [2.24, 2.45) is 0 Å². The first-order chi connectivity index (χ1) is 15.7. The Kier molecular flexibility index (Phi) is 6.20. The Bertz CT molecular complexity index is 1310. The van der Waals surface area contributed by atoms with Crippen LogP contribution in [0.25, 0.3) is 0 Å². The monoisotopic (exact) mass is 463 g/mol. The van der Waals surface area contributed by atoms with Crippen molar-refractivity contribution in [3.05, 3.63) is 89.0 Å². The number of hydrogen-bond donors (Lipinski definition) is 3. The van der Waals surface area contributed by atoms with Gasteiger partial charge in [0.2, 0.25) is 0 Å². The standard InChI is InChI=1S/C25H25N3O4S/c1-16-6-10-21(11-7-16)28-33(31,32)22-5-3-4-18(14-22)25(30)27-23-15-19(9-8-17(23)2)24(29)26-20-12-13-20/h3-11,14-15,20,28H,12-13H2,1-2H3,(H,26,29)(H,27,30). The number of rotatable bonds is 7. The molecule has 0 radical (unpaired) electrons. The Morgan fingerprint density at radius 2 is 1.55 bits per heavy atom. The van der Waals surface area contributed by atoms with Gasteiger partial charge in [0.25, 0.3) is 21.8 Å². The van der Waals surface area contributed by atoms with Gasteiger partial charge in [-0.05, 0) is 74.7 Å². The van der Waals surface area contributed by atoms with Crippen LogP contribution in [0.1, 0.15) is 44.7 Å². The SMILES string of the molecule is Cc1ccc(NS(=O)(=O)c2cccc(C(=O)Nc3cc(C(=O)NC4CC4)ccc3C)c2)cc1. The molecule has 3 aromatic carbocycles. The molecule has 4 rings (SSSR count). The van der Waals surface area contributed by atoms with Crippen molar-refractivity contribution in [3.8, 4) is 0 Å². The third kappa shape index (κ3) is 5.59. The summed E-state index contributed by atoms with van der Waals surface area (Å²) in [4.78, 5) is 25.2. The minimum absolute atomic E-state index is 0.0231. The molecular formula is C25H25N3O4S. The third-order valence-corrected chi connectivity index (χ3v) is 6.75. The Labute approximate surface area is 193 Å². The maximum atomic E-state index is 12.9. The van der Waals surface area contributed by atoms with Crippen LogP contribution in [0.4, 0.5) is 11.4 Å². The van der Waals surface area contributed by atoms with E-state index in [-0.39, 0.29) is 22.4 Å². The zero-order valence-electron chi connectivity index (χ0n) is 18.4. The normalized spacial score (nSPS) is 13.3. The largest absolute Gasteiger partial charge is 0.349 e. The highest BCUT2D eigenvalue weighted by Crippen LogP contribution is 2.23. The topological polar surface area (TPSA) is 104 Å². The highest BCUT2D eigenvalue weighted by Gasteiger charge is 2.24. The number of carbonyl (C=O) groups excluding carboxylic acids is 2. The molecule has 3 N–H and O–H groups in total. The van der Waals surface area contributed by atoms with Gasteiger partial charge in [-0.15, -0.1) is 0 Å². The van der Waals surface area contributed by atoms with E-state index in [1.54, 1.807) is 36.4 Å². The molecule has 1 fully saturated rings. The van der Waals surface area contributed by atoms with E-state index in [1.807, 2.05) is 26.0 Å². The van der Waals surface area contributed by atoms with Gasteiger partial charge in [0.15, 0.2) is 0 Å². The second-order valence-electron chi connectivity index (χ2n) is 8.23. The first-order valence-electron chi connectivity index (χ1n) is 10.6. The van der Waals surface area contributed by atoms with Crippen molar-refractivity contribution in [1.29, 1.82) is 0 Å². The molecule has 33 heavy (non-hydrogen) atoms. The summed E-state index contributed by atoms with van der Waals surface area (Å²) in [5.41, 5.74) is 3.38. The van der Waals surface area contributed by atoms with Gasteiger partial charge in [-0.3, -0.25) is 14.3 Å². The van der Waals surface area contributed by atoms with Crippen molar-refractivity contribution in [1.82, 2.24) is 5.32 Å². The van der Waals surface area contributed by atoms with E-state index in [9.17, 15) is 18.0 Å². The first-order valence-corrected chi connectivity index (χ1v) is 12.1. The van der Waals surface area contributed by atoms with E-state index in [2.05, 4.69) is 15.4 Å². The predicted octanol–water partition coefficient (Wildman–Crippen LogP) is 4.25. The average Bonchev–Trinajstić information content (AvgIpc) is 3.60. The second kappa shape index (κ2) is 9.07. The zero-order chi connectivity index (χ0) is 23.6. The van der Waals surface area contributed by atoms with Crippen molar-refractivity contribution in [3.63, 3.8) is 0 Å². The molecule has 0 aliphatic heterocycles. The summed E-state index contributed by atoms with van der Waals surface area (Å²) in [5.74, 6) is -0.645. The Morgan fingerprint density at radius 3 is 2.24 bits per heavy atom. The lowest BCUT2D eigenvalue weighted by Gasteiger charge is -2.12. The molecule has 0 spiro atoms. The molecule has 0 atom stereocenters. The Balaban J connectivity index is 1.52. The van der Waals surface area contributed by atoms with Crippen LogP contribution in [0, 0.1) is 13.8 Å². The van der Waals surface area contributed by atoms with Gasteiger partial charge >= 0.3 is 0 Å². The number of nitrogens with one attached hydrogen (secondary N) is 3. The summed E-state index contributed by atoms with van der Waals surface area (Å²) in [6.45, 7) is 3.74. The molecule has 0 saturated heterocycles. The zero-order valence-corrected chi connectivity index (χ0v) is 19.2. The van der Waals surface area contributed by atoms with E-state index < -0.39 is 15.9 Å². The number of anilines is 2. The second-order valence-corrected chi connectivity index (χ2v) is 9.91. The van der Waals surface area contributed by atoms with Crippen LogP contribution in [0.5, 0.6) is 0 Å². The van der Waals surface area contributed by atoms with E-state index in [0.29, 0.717) is 16.9 Å². The van der Waals surface area contributed by atoms with E-state index in [4.69, 9.17) is 0 Å². The minimum atomic E-state index is -3.87. The van der Waals surface area contributed by atoms with Gasteiger partial charge in [0.1, 0.15) is 0 Å². The van der Waals surface area contributed by atoms with Crippen LogP contribution in [0.3, 0.4) is 0 Å². The summed E-state index contributed by atoms with van der Waals surface area (Å²) < 4.78 is 28.1. The number of amides is 2. The highest BCUT2D eigenvalue weighted by molar-refractivity contribution is 7.92. The summed E-state index contributed by atoms with van der Waals surface area (Å²) in [6, 6.07) is 18.1. The lowest BCUT2D eigenvalue weighted by atomic mass is 10.1. The molecule has 170 valence electrons. The Morgan fingerprint density at radius 1 is 0.848 bits per heavy atom. The van der Waals surface area contributed by atoms with E-state index >= 15 is 0 Å². The summed E-state index contributed by atoms with van der Waals surface area (Å²) in [7, 11) is -3.87. The Hall–Kier alpha value is -3.65. The van der Waals surface area contributed by atoms with Crippen molar-refractivity contribution >= 4 is 33.2 Å². The van der Waals surface area contributed by atoms with Gasteiger partial charge in [-0.25, -0.2) is 8.42 Å². The molecule has 7 nitrogen and oxygen atoms in total. The van der Waals surface area contributed by atoms with E-state index in [0.717, 1.165) is 24.0 Å². The summed E-state index contributed by atoms with van der Waals surface area (Å²) in [6.07, 6.45) is 1.97. The molecule has 0 bridgehead atoms. The fourth-order valence-electron chi connectivity index (χ4n) is 3.23. The number of sulfonamides is 1. The van der Waals surface area contributed by atoms with Gasteiger partial charge in [0, 0.05) is 28.5 Å². The molecule has 0 unspecified atom stereocenters. The number of carbonyl (C=O) groups is 2. The maximum Gasteiger partial charge on any atom is 0.261 e. The van der Waals surface area contributed by atoms with Crippen LogP contribution in [-0.2, 0) is 10.0 Å². The molecule has 0 aromatic heterocycles. The molecular weight excluding hydrogens is 438 g/mol. The summed E-state index contributed by atoms with van der Waals surface area (Å²) >= 11 is 0. The van der Waals surface area contributed by atoms with Crippen LogP contribution >= 0.6 is 0 Å². The molecule has 3 aromatic rings. The van der Waals surface area contributed by atoms with Gasteiger partial charge < -0.3 is 10.6 Å². The molecule has 8 heteroatoms. The van der Waals surface area contributed by atoms with Crippen molar-refractivity contribution in [2.45, 2.75) is 37.6 Å². The number of aryl methyl sites for hydroxylation is 2. The highest BCUT2D eigenvalue weighted by atomic mass is 32.2. The molecule has 2 amide bonds. The van der Waals surface area contributed by atoms with Crippen molar-refractivity contribution < 1.29 is 18.0 Å². The van der Waals surface area contributed by atoms with Gasteiger partial charge in [0.05, 0.1) is 4.90 Å². The van der Waals surface area contributed by atoms with Crippen molar-refractivity contribution in [2.75, 3.05) is 10.0 Å². The van der Waals surface area contributed by atoms with Crippen LogP contribution in [-0.4, -0.2) is 26.3 Å². The molecule has 0 heterocycles. The maximum absolute atomic E-state index is 12.9. The number of benzene rings is 3. The number of hydrogen-bond acceptors (Lipinski definition) is 4. The van der Waals surface area contributed by atoms with Crippen LogP contribution in [0.15, 0.2) is 71.6 Å². The lowest BCUT2D eigenvalue weighted by molar-refractivity contribution is 0.0949. The predicted molar refractivity (Wildman–Crippen MR) is 128 cm³/mol. The van der Waals surface area contributed by atoms with Crippen LogP contribution in [0.2, 0.25) is 0 Å². The molecule has 1 saturated carbocycles. The van der Waals surface area contributed by atoms with Gasteiger partial charge in [-0.1, -0.05) is 29.8 Å². The fourth-order valence-corrected chi connectivity index (χ4v) is 4.33. The van der Waals surface area contributed by atoms with Crippen LogP contribution < -0.4 is 15.4 Å². The fraction of sp³-hybridized carbons (Fsp3) is 0.200. The summed E-state index contributed by atoms with van der Waals surface area (Å²) in [5, 5.41) is 5.71. The lowest BCUT2D eigenvalue weighted by Crippen LogP contribution is -2.25. The third-order valence-electron chi connectivity index (χ3n) is 5.37. The smallest absolute Gasteiger partial charge is 0.261 e.